The fourth-order valence-corrected chi connectivity index (χ4v) is 2.67. The number of anilines is 1. The van der Waals surface area contributed by atoms with Crippen LogP contribution in [0.15, 0.2) is 47.5 Å². The minimum absolute atomic E-state index is 0.0970. The molecular formula is C16H16FN3O. The molecule has 0 amide bonds. The smallest absolute Gasteiger partial charge is 0.196 e. The zero-order valence-electron chi connectivity index (χ0n) is 11.6. The second-order valence-electron chi connectivity index (χ2n) is 5.11. The largest absolute Gasteiger partial charge is 0.508 e. The summed E-state index contributed by atoms with van der Waals surface area (Å²) in [6, 6.07) is 11.6. The van der Waals surface area contributed by atoms with E-state index >= 15 is 0 Å². The van der Waals surface area contributed by atoms with Crippen molar-refractivity contribution in [1.29, 1.82) is 0 Å². The zero-order chi connectivity index (χ0) is 15.0. The number of benzene rings is 2. The van der Waals surface area contributed by atoms with Gasteiger partial charge in [0.2, 0.25) is 0 Å². The number of aromatic hydroxyl groups is 1. The van der Waals surface area contributed by atoms with E-state index in [1.807, 2.05) is 36.1 Å². The monoisotopic (exact) mass is 285 g/mol. The quantitative estimate of drug-likeness (QED) is 0.892. The summed E-state index contributed by atoms with van der Waals surface area (Å²) in [6.45, 7) is 2.42. The zero-order valence-corrected chi connectivity index (χ0v) is 11.6. The minimum atomic E-state index is -0.472. The van der Waals surface area contributed by atoms with Gasteiger partial charge in [0.1, 0.15) is 11.6 Å². The van der Waals surface area contributed by atoms with Crippen LogP contribution in [0.3, 0.4) is 0 Å². The van der Waals surface area contributed by atoms with Crippen molar-refractivity contribution in [3.8, 4) is 5.75 Å². The van der Waals surface area contributed by atoms with E-state index in [1.54, 1.807) is 6.07 Å². The molecule has 0 aliphatic carbocycles. The number of para-hydroxylation sites is 1. The van der Waals surface area contributed by atoms with Crippen LogP contribution in [-0.4, -0.2) is 17.6 Å². The lowest BCUT2D eigenvalue weighted by atomic mass is 10.0. The van der Waals surface area contributed by atoms with Gasteiger partial charge in [0.05, 0.1) is 12.6 Å². The van der Waals surface area contributed by atoms with E-state index in [1.165, 1.54) is 6.07 Å². The summed E-state index contributed by atoms with van der Waals surface area (Å²) in [5, 5.41) is 9.60. The van der Waals surface area contributed by atoms with Gasteiger partial charge in [-0.3, -0.25) is 4.99 Å². The Balaban J connectivity index is 2.05. The average Bonchev–Trinajstić information content (AvgIpc) is 2.80. The van der Waals surface area contributed by atoms with Gasteiger partial charge < -0.3 is 15.7 Å². The topological polar surface area (TPSA) is 61.8 Å². The Labute approximate surface area is 122 Å². The predicted octanol–water partition coefficient (Wildman–Crippen LogP) is 2.72. The molecule has 0 saturated heterocycles. The van der Waals surface area contributed by atoms with Crippen molar-refractivity contribution >= 4 is 11.6 Å². The van der Waals surface area contributed by atoms with Crippen molar-refractivity contribution in [3.63, 3.8) is 0 Å². The second-order valence-corrected chi connectivity index (χ2v) is 5.11. The fraction of sp³-hybridized carbons (Fsp3) is 0.188. The number of rotatable bonds is 2. The van der Waals surface area contributed by atoms with Gasteiger partial charge in [-0.25, -0.2) is 4.39 Å². The third kappa shape index (κ3) is 2.42. The molecule has 1 unspecified atom stereocenters. The maximum absolute atomic E-state index is 13.5. The van der Waals surface area contributed by atoms with Crippen LogP contribution < -0.4 is 10.6 Å². The Bertz CT molecular complexity index is 694. The first-order chi connectivity index (χ1) is 10.1. The molecule has 0 spiro atoms. The van der Waals surface area contributed by atoms with Crippen LogP contribution in [0.1, 0.15) is 17.2 Å². The lowest BCUT2D eigenvalue weighted by molar-refractivity contribution is 0.467. The number of hydrogen-bond donors (Lipinski definition) is 2. The maximum Gasteiger partial charge on any atom is 0.196 e. The number of phenols is 1. The summed E-state index contributed by atoms with van der Waals surface area (Å²) in [6.07, 6.45) is 0. The van der Waals surface area contributed by atoms with Crippen LogP contribution in [-0.2, 0) is 0 Å². The van der Waals surface area contributed by atoms with Crippen LogP contribution in [0.2, 0.25) is 0 Å². The average molecular weight is 285 g/mol. The van der Waals surface area contributed by atoms with E-state index in [-0.39, 0.29) is 11.8 Å². The molecule has 3 N–H and O–H groups in total. The third-order valence-electron chi connectivity index (χ3n) is 3.65. The molecule has 1 heterocycles. The van der Waals surface area contributed by atoms with E-state index < -0.39 is 5.82 Å². The number of phenolic OH excluding ortho intramolecular Hbond substituents is 1. The van der Waals surface area contributed by atoms with Gasteiger partial charge in [-0.15, -0.1) is 0 Å². The van der Waals surface area contributed by atoms with Crippen molar-refractivity contribution < 1.29 is 9.50 Å². The Morgan fingerprint density at radius 1 is 1.29 bits per heavy atom. The third-order valence-corrected chi connectivity index (χ3v) is 3.65. The van der Waals surface area contributed by atoms with E-state index in [0.717, 1.165) is 17.3 Å². The molecule has 0 radical (unpaired) electrons. The Hall–Kier alpha value is -2.56. The molecule has 0 fully saturated rings. The van der Waals surface area contributed by atoms with Crippen LogP contribution in [0.25, 0.3) is 0 Å². The fourth-order valence-electron chi connectivity index (χ4n) is 2.67. The van der Waals surface area contributed by atoms with Gasteiger partial charge >= 0.3 is 0 Å². The first kappa shape index (κ1) is 13.4. The van der Waals surface area contributed by atoms with E-state index in [2.05, 4.69) is 4.99 Å². The van der Waals surface area contributed by atoms with Crippen LogP contribution >= 0.6 is 0 Å². The van der Waals surface area contributed by atoms with Crippen LogP contribution in [0.4, 0.5) is 10.1 Å². The molecule has 2 aromatic rings. The van der Waals surface area contributed by atoms with Crippen LogP contribution in [0, 0.1) is 12.7 Å². The molecule has 0 aromatic heterocycles. The number of halogens is 1. The van der Waals surface area contributed by atoms with Crippen molar-refractivity contribution in [2.45, 2.75) is 13.0 Å². The number of guanidine groups is 1. The summed E-state index contributed by atoms with van der Waals surface area (Å²) >= 11 is 0. The van der Waals surface area contributed by atoms with E-state index in [9.17, 15) is 9.50 Å². The summed E-state index contributed by atoms with van der Waals surface area (Å²) in [5.41, 5.74) is 8.65. The molecule has 21 heavy (non-hydrogen) atoms. The molecule has 0 bridgehead atoms. The Morgan fingerprint density at radius 3 is 2.76 bits per heavy atom. The van der Waals surface area contributed by atoms with Gasteiger partial charge in [-0.1, -0.05) is 18.2 Å². The molecular weight excluding hydrogens is 269 g/mol. The molecule has 3 rings (SSSR count). The van der Waals surface area contributed by atoms with Gasteiger partial charge in [0, 0.05) is 11.8 Å². The minimum Gasteiger partial charge on any atom is -0.508 e. The van der Waals surface area contributed by atoms with Gasteiger partial charge in [-0.05, 0) is 36.2 Å². The number of aliphatic imine (C=N–C) groups is 1. The molecule has 4 nitrogen and oxygen atoms in total. The number of aryl methyl sites for hydroxylation is 1. The lowest BCUT2D eigenvalue weighted by Crippen LogP contribution is -2.36. The molecule has 1 aliphatic rings. The highest BCUT2D eigenvalue weighted by atomic mass is 19.1. The predicted molar refractivity (Wildman–Crippen MR) is 81.0 cm³/mol. The molecule has 2 aromatic carbocycles. The highest BCUT2D eigenvalue weighted by molar-refractivity contribution is 5.98. The SMILES string of the molecule is Cc1ccccc1N1C(N)=NCC1c1cc(O)cc(F)c1. The maximum atomic E-state index is 13.5. The van der Waals surface area contributed by atoms with Crippen molar-refractivity contribution in [3.05, 3.63) is 59.4 Å². The highest BCUT2D eigenvalue weighted by Gasteiger charge is 2.30. The summed E-state index contributed by atoms with van der Waals surface area (Å²) in [5.74, 6) is -0.168. The van der Waals surface area contributed by atoms with E-state index in [4.69, 9.17) is 5.73 Å². The summed E-state index contributed by atoms with van der Waals surface area (Å²) < 4.78 is 13.5. The molecule has 1 aliphatic heterocycles. The molecule has 108 valence electrons. The first-order valence-corrected chi connectivity index (χ1v) is 6.70. The first-order valence-electron chi connectivity index (χ1n) is 6.70. The van der Waals surface area contributed by atoms with Crippen LogP contribution in [0.5, 0.6) is 5.75 Å². The number of hydrogen-bond acceptors (Lipinski definition) is 4. The summed E-state index contributed by atoms with van der Waals surface area (Å²) in [4.78, 5) is 6.15. The Morgan fingerprint density at radius 2 is 2.05 bits per heavy atom. The molecule has 1 atom stereocenters. The van der Waals surface area contributed by atoms with Gasteiger partial charge in [0.25, 0.3) is 0 Å². The summed E-state index contributed by atoms with van der Waals surface area (Å²) in [7, 11) is 0. The number of nitrogens with two attached hydrogens (primary N) is 1. The van der Waals surface area contributed by atoms with E-state index in [0.29, 0.717) is 18.1 Å². The molecule has 5 heteroatoms. The highest BCUT2D eigenvalue weighted by Crippen LogP contribution is 2.34. The second kappa shape index (κ2) is 5.09. The normalized spacial score (nSPS) is 17.9. The van der Waals surface area contributed by atoms with Gasteiger partial charge in [0.15, 0.2) is 5.96 Å². The van der Waals surface area contributed by atoms with Gasteiger partial charge in [-0.2, -0.15) is 0 Å². The number of nitrogens with zero attached hydrogens (tertiary/aromatic N) is 2. The molecule has 0 saturated carbocycles. The van der Waals surface area contributed by atoms with Crippen molar-refractivity contribution in [2.24, 2.45) is 10.7 Å². The standard InChI is InChI=1S/C16H16FN3O/c1-10-4-2-3-5-14(10)20-15(9-19-16(20)18)11-6-12(17)8-13(21)7-11/h2-8,15,21H,9H2,1H3,(H2,18,19). The van der Waals surface area contributed by atoms with Crippen molar-refractivity contribution in [1.82, 2.24) is 0 Å². The van der Waals surface area contributed by atoms with Crippen molar-refractivity contribution in [2.75, 3.05) is 11.4 Å². The Kier molecular flexibility index (Phi) is 3.25. The lowest BCUT2D eigenvalue weighted by Gasteiger charge is -2.28.